The Labute approximate surface area is 104 Å². The maximum absolute atomic E-state index is 4.42. The van der Waals surface area contributed by atoms with Crippen molar-refractivity contribution < 1.29 is 0 Å². The molecule has 2 rings (SSSR count). The van der Waals surface area contributed by atoms with Crippen LogP contribution in [0.5, 0.6) is 0 Å². The molecular formula is C12H16N2S2. The highest BCUT2D eigenvalue weighted by Crippen LogP contribution is 2.26. The zero-order valence-corrected chi connectivity index (χ0v) is 11.2. The number of nitrogens with zero attached hydrogens (tertiary/aromatic N) is 1. The first-order valence-corrected chi connectivity index (χ1v) is 7.66. The number of nitrogens with one attached hydrogen (secondary N) is 1. The molecule has 1 unspecified atom stereocenters. The Balaban J connectivity index is 2.11. The van der Waals surface area contributed by atoms with Crippen molar-refractivity contribution in [1.82, 2.24) is 4.98 Å². The van der Waals surface area contributed by atoms with Gasteiger partial charge >= 0.3 is 0 Å². The molecule has 1 atom stereocenters. The van der Waals surface area contributed by atoms with Crippen LogP contribution < -0.4 is 5.32 Å². The molecule has 0 bridgehead atoms. The van der Waals surface area contributed by atoms with E-state index in [1.54, 1.807) is 11.3 Å². The first-order chi connectivity index (χ1) is 7.81. The molecule has 0 aliphatic carbocycles. The van der Waals surface area contributed by atoms with Crippen molar-refractivity contribution in [2.24, 2.45) is 0 Å². The molecule has 2 aromatic rings. The Bertz CT molecular complexity index is 453. The first-order valence-electron chi connectivity index (χ1n) is 5.39. The highest BCUT2D eigenvalue weighted by molar-refractivity contribution is 7.98. The molecule has 1 N–H and O–H groups in total. The Hall–Kier alpha value is -0.740. The molecule has 0 saturated carbocycles. The topological polar surface area (TPSA) is 24.9 Å². The van der Waals surface area contributed by atoms with Crippen molar-refractivity contribution in [2.75, 3.05) is 17.3 Å². The van der Waals surface area contributed by atoms with Gasteiger partial charge in [0.05, 0.1) is 0 Å². The molecule has 0 amide bonds. The van der Waals surface area contributed by atoms with E-state index in [9.17, 15) is 0 Å². The molecule has 0 radical (unpaired) electrons. The number of fused-ring (bicyclic) bond motifs is 1. The van der Waals surface area contributed by atoms with E-state index in [1.165, 1.54) is 22.3 Å². The van der Waals surface area contributed by atoms with E-state index in [0.29, 0.717) is 6.04 Å². The van der Waals surface area contributed by atoms with Crippen molar-refractivity contribution in [1.29, 1.82) is 0 Å². The molecule has 0 saturated heterocycles. The second-order valence-electron chi connectivity index (χ2n) is 3.82. The lowest BCUT2D eigenvalue weighted by molar-refractivity contribution is 0.768. The third kappa shape index (κ3) is 2.68. The third-order valence-electron chi connectivity index (χ3n) is 2.52. The van der Waals surface area contributed by atoms with Crippen LogP contribution in [-0.2, 0) is 0 Å². The van der Waals surface area contributed by atoms with E-state index in [1.807, 2.05) is 18.0 Å². The van der Waals surface area contributed by atoms with Crippen molar-refractivity contribution in [3.63, 3.8) is 0 Å². The second-order valence-corrected chi connectivity index (χ2v) is 5.75. The summed E-state index contributed by atoms with van der Waals surface area (Å²) in [7, 11) is 0. The largest absolute Gasteiger partial charge is 0.367 e. The van der Waals surface area contributed by atoms with Crippen LogP contribution in [0.1, 0.15) is 13.3 Å². The molecule has 0 fully saturated rings. The van der Waals surface area contributed by atoms with E-state index in [-0.39, 0.29) is 0 Å². The number of anilines is 1. The van der Waals surface area contributed by atoms with Crippen LogP contribution in [-0.4, -0.2) is 23.0 Å². The summed E-state index contributed by atoms with van der Waals surface area (Å²) >= 11 is 3.65. The number of pyridine rings is 1. The molecular weight excluding hydrogens is 236 g/mol. The SMILES string of the molecule is CSCCC(C)Nc1nccc2sccc12. The minimum absolute atomic E-state index is 0.477. The van der Waals surface area contributed by atoms with Crippen LogP contribution in [0, 0.1) is 0 Å². The zero-order chi connectivity index (χ0) is 11.4. The molecule has 2 heterocycles. The fourth-order valence-electron chi connectivity index (χ4n) is 1.61. The van der Waals surface area contributed by atoms with Gasteiger partial charge in [0.1, 0.15) is 5.82 Å². The Morgan fingerprint density at radius 3 is 3.19 bits per heavy atom. The Morgan fingerprint density at radius 1 is 1.50 bits per heavy atom. The quantitative estimate of drug-likeness (QED) is 0.875. The van der Waals surface area contributed by atoms with E-state index < -0.39 is 0 Å². The van der Waals surface area contributed by atoms with E-state index in [2.05, 4.69) is 41.0 Å². The van der Waals surface area contributed by atoms with Gasteiger partial charge in [-0.25, -0.2) is 4.98 Å². The van der Waals surface area contributed by atoms with Gasteiger partial charge in [0.15, 0.2) is 0 Å². The summed E-state index contributed by atoms with van der Waals surface area (Å²) in [6.45, 7) is 2.21. The standard InChI is InChI=1S/C12H16N2S2/c1-9(4-7-15-2)14-12-10-5-8-16-11(10)3-6-13-12/h3,5-6,8-9H,4,7H2,1-2H3,(H,13,14). The Kier molecular flexibility index (Phi) is 4.07. The minimum Gasteiger partial charge on any atom is -0.367 e. The van der Waals surface area contributed by atoms with Crippen LogP contribution in [0.2, 0.25) is 0 Å². The predicted octanol–water partition coefficient (Wildman–Crippen LogP) is 3.85. The summed E-state index contributed by atoms with van der Waals surface area (Å²) in [5.74, 6) is 2.21. The van der Waals surface area contributed by atoms with Crippen molar-refractivity contribution >= 4 is 39.0 Å². The zero-order valence-electron chi connectivity index (χ0n) is 9.56. The second kappa shape index (κ2) is 5.55. The fraction of sp³-hybridized carbons (Fsp3) is 0.417. The predicted molar refractivity (Wildman–Crippen MR) is 75.7 cm³/mol. The van der Waals surface area contributed by atoms with Gasteiger partial charge in [-0.2, -0.15) is 11.8 Å². The van der Waals surface area contributed by atoms with Crippen LogP contribution in [0.3, 0.4) is 0 Å². The first kappa shape index (κ1) is 11.7. The molecule has 4 heteroatoms. The molecule has 0 aliphatic heterocycles. The van der Waals surface area contributed by atoms with Gasteiger partial charge in [0.2, 0.25) is 0 Å². The van der Waals surface area contributed by atoms with Gasteiger partial charge in [-0.1, -0.05) is 0 Å². The lowest BCUT2D eigenvalue weighted by atomic mass is 10.2. The lowest BCUT2D eigenvalue weighted by Crippen LogP contribution is -2.16. The number of hydrogen-bond acceptors (Lipinski definition) is 4. The molecule has 2 aromatic heterocycles. The van der Waals surface area contributed by atoms with Crippen LogP contribution in [0.15, 0.2) is 23.7 Å². The fourth-order valence-corrected chi connectivity index (χ4v) is 2.98. The highest BCUT2D eigenvalue weighted by atomic mass is 32.2. The number of thioether (sulfide) groups is 1. The molecule has 16 heavy (non-hydrogen) atoms. The maximum atomic E-state index is 4.42. The van der Waals surface area contributed by atoms with Gasteiger partial charge in [-0.3, -0.25) is 0 Å². The molecule has 0 spiro atoms. The normalized spacial score (nSPS) is 12.9. The number of thiophene rings is 1. The Morgan fingerprint density at radius 2 is 2.38 bits per heavy atom. The summed E-state index contributed by atoms with van der Waals surface area (Å²) in [5, 5.41) is 6.84. The maximum Gasteiger partial charge on any atom is 0.134 e. The van der Waals surface area contributed by atoms with Gasteiger partial charge < -0.3 is 5.32 Å². The third-order valence-corrected chi connectivity index (χ3v) is 4.04. The van der Waals surface area contributed by atoms with Crippen LogP contribution >= 0.6 is 23.1 Å². The van der Waals surface area contributed by atoms with Gasteiger partial charge in [-0.05, 0) is 42.9 Å². The van der Waals surface area contributed by atoms with Gasteiger partial charge in [-0.15, -0.1) is 11.3 Å². The van der Waals surface area contributed by atoms with Gasteiger partial charge in [0.25, 0.3) is 0 Å². The summed E-state index contributed by atoms with van der Waals surface area (Å²) in [6, 6.07) is 4.68. The molecule has 86 valence electrons. The smallest absolute Gasteiger partial charge is 0.134 e. The van der Waals surface area contributed by atoms with Gasteiger partial charge in [0, 0.05) is 22.3 Å². The lowest BCUT2D eigenvalue weighted by Gasteiger charge is -2.14. The van der Waals surface area contributed by atoms with Crippen LogP contribution in [0.25, 0.3) is 10.1 Å². The minimum atomic E-state index is 0.477. The summed E-state index contributed by atoms with van der Waals surface area (Å²) in [5.41, 5.74) is 0. The average molecular weight is 252 g/mol. The molecule has 2 nitrogen and oxygen atoms in total. The van der Waals surface area contributed by atoms with Crippen molar-refractivity contribution in [2.45, 2.75) is 19.4 Å². The highest BCUT2D eigenvalue weighted by Gasteiger charge is 2.06. The van der Waals surface area contributed by atoms with E-state index in [4.69, 9.17) is 0 Å². The summed E-state index contributed by atoms with van der Waals surface area (Å²) in [4.78, 5) is 4.42. The number of rotatable bonds is 5. The van der Waals surface area contributed by atoms with Crippen molar-refractivity contribution in [3.05, 3.63) is 23.7 Å². The van der Waals surface area contributed by atoms with E-state index in [0.717, 1.165) is 5.82 Å². The van der Waals surface area contributed by atoms with E-state index >= 15 is 0 Å². The summed E-state index contributed by atoms with van der Waals surface area (Å²) < 4.78 is 1.30. The monoisotopic (exact) mass is 252 g/mol. The number of hydrogen-bond donors (Lipinski definition) is 1. The van der Waals surface area contributed by atoms with Crippen LogP contribution in [0.4, 0.5) is 5.82 Å². The molecule has 0 aliphatic rings. The summed E-state index contributed by atoms with van der Waals surface area (Å²) in [6.07, 6.45) is 5.19. The molecule has 0 aromatic carbocycles. The number of aromatic nitrogens is 1. The average Bonchev–Trinajstić information content (AvgIpc) is 2.75. The van der Waals surface area contributed by atoms with Crippen molar-refractivity contribution in [3.8, 4) is 0 Å².